The van der Waals surface area contributed by atoms with Crippen LogP contribution in [0.3, 0.4) is 0 Å². The fourth-order valence-electron chi connectivity index (χ4n) is 2.72. The van der Waals surface area contributed by atoms with Crippen LogP contribution < -0.4 is 0 Å². The molecule has 1 aromatic rings. The molecule has 0 heterocycles. The molecule has 2 nitrogen and oxygen atoms in total. The van der Waals surface area contributed by atoms with Gasteiger partial charge in [-0.3, -0.25) is 4.79 Å². The third-order valence-electron chi connectivity index (χ3n) is 3.64. The van der Waals surface area contributed by atoms with Gasteiger partial charge in [-0.15, -0.1) is 11.6 Å². The molecule has 0 atom stereocenters. The zero-order valence-electron chi connectivity index (χ0n) is 10.9. The Kier molecular flexibility index (Phi) is 4.65. The Balaban J connectivity index is 2.11. The first-order valence-corrected chi connectivity index (χ1v) is 7.15. The quantitative estimate of drug-likeness (QED) is 0.763. The van der Waals surface area contributed by atoms with Crippen LogP contribution in [0.25, 0.3) is 0 Å². The molecule has 0 aliphatic heterocycles. The van der Waals surface area contributed by atoms with Crippen LogP contribution in [-0.2, 0) is 11.3 Å². The van der Waals surface area contributed by atoms with Gasteiger partial charge in [0.1, 0.15) is 5.88 Å². The van der Waals surface area contributed by atoms with Crippen LogP contribution in [-0.4, -0.2) is 22.7 Å². The summed E-state index contributed by atoms with van der Waals surface area (Å²) in [6, 6.07) is 8.73. The summed E-state index contributed by atoms with van der Waals surface area (Å²) in [6.45, 7) is 2.77. The Hall–Kier alpha value is -1.02. The van der Waals surface area contributed by atoms with Gasteiger partial charge in [0, 0.05) is 12.6 Å². The van der Waals surface area contributed by atoms with E-state index in [4.69, 9.17) is 11.6 Å². The maximum atomic E-state index is 12.0. The van der Waals surface area contributed by atoms with E-state index < -0.39 is 0 Å². The van der Waals surface area contributed by atoms with Crippen LogP contribution in [0.5, 0.6) is 0 Å². The molecule has 0 N–H and O–H groups in total. The van der Waals surface area contributed by atoms with E-state index in [-0.39, 0.29) is 11.8 Å². The van der Waals surface area contributed by atoms with Crippen molar-refractivity contribution >= 4 is 17.5 Å². The average Bonchev–Trinajstić information content (AvgIpc) is 2.89. The van der Waals surface area contributed by atoms with Crippen LogP contribution in [0.2, 0.25) is 0 Å². The Morgan fingerprint density at radius 3 is 2.72 bits per heavy atom. The number of halogens is 1. The van der Waals surface area contributed by atoms with Gasteiger partial charge < -0.3 is 4.90 Å². The number of rotatable bonds is 4. The molecule has 1 saturated carbocycles. The van der Waals surface area contributed by atoms with Gasteiger partial charge in [0.05, 0.1) is 0 Å². The highest BCUT2D eigenvalue weighted by Crippen LogP contribution is 2.25. The summed E-state index contributed by atoms with van der Waals surface area (Å²) in [5, 5.41) is 0. The van der Waals surface area contributed by atoms with Crippen molar-refractivity contribution in [2.45, 2.75) is 45.2 Å². The van der Waals surface area contributed by atoms with Gasteiger partial charge in [0.15, 0.2) is 0 Å². The summed E-state index contributed by atoms with van der Waals surface area (Å²) in [5.74, 6) is 0.146. The lowest BCUT2D eigenvalue weighted by molar-refractivity contribution is -0.131. The summed E-state index contributed by atoms with van der Waals surface area (Å²) in [4.78, 5) is 13.9. The summed E-state index contributed by atoms with van der Waals surface area (Å²) < 4.78 is 0. The van der Waals surface area contributed by atoms with Crippen LogP contribution in [0.15, 0.2) is 24.3 Å². The van der Waals surface area contributed by atoms with Crippen LogP contribution >= 0.6 is 11.6 Å². The van der Waals surface area contributed by atoms with Gasteiger partial charge >= 0.3 is 0 Å². The number of benzene rings is 1. The number of carbonyl (C=O) groups excluding carboxylic acids is 1. The zero-order valence-corrected chi connectivity index (χ0v) is 11.6. The standard InChI is InChI=1S/C15H20ClNO/c1-12-5-4-6-13(9-12)11-17(15(18)10-16)14-7-2-3-8-14/h4-6,9,14H,2-3,7-8,10-11H2,1H3. The van der Waals surface area contributed by atoms with Gasteiger partial charge in [-0.2, -0.15) is 0 Å². The van der Waals surface area contributed by atoms with Gasteiger partial charge in [-0.05, 0) is 25.3 Å². The highest BCUT2D eigenvalue weighted by Gasteiger charge is 2.26. The van der Waals surface area contributed by atoms with E-state index in [1.54, 1.807) is 0 Å². The van der Waals surface area contributed by atoms with Crippen LogP contribution in [0.1, 0.15) is 36.8 Å². The lowest BCUT2D eigenvalue weighted by atomic mass is 10.1. The van der Waals surface area contributed by atoms with Crippen molar-refractivity contribution < 1.29 is 4.79 Å². The van der Waals surface area contributed by atoms with Crippen molar-refractivity contribution in [3.8, 4) is 0 Å². The van der Waals surface area contributed by atoms with Gasteiger partial charge in [0.2, 0.25) is 5.91 Å². The SMILES string of the molecule is Cc1cccc(CN(C(=O)CCl)C2CCCC2)c1. The second-order valence-electron chi connectivity index (χ2n) is 5.08. The number of aryl methyl sites for hydroxylation is 1. The molecule has 0 aromatic heterocycles. The maximum absolute atomic E-state index is 12.0. The molecule has 1 aromatic carbocycles. The number of nitrogens with zero attached hydrogens (tertiary/aromatic N) is 1. The molecule has 3 heteroatoms. The predicted octanol–water partition coefficient (Wildman–Crippen LogP) is 3.51. The van der Waals surface area contributed by atoms with E-state index in [0.29, 0.717) is 12.6 Å². The molecular weight excluding hydrogens is 246 g/mol. The topological polar surface area (TPSA) is 20.3 Å². The summed E-state index contributed by atoms with van der Waals surface area (Å²) in [7, 11) is 0. The minimum atomic E-state index is 0.0603. The predicted molar refractivity (Wildman–Crippen MR) is 74.7 cm³/mol. The summed E-state index contributed by atoms with van der Waals surface area (Å²) in [6.07, 6.45) is 4.69. The molecule has 0 bridgehead atoms. The largest absolute Gasteiger partial charge is 0.334 e. The molecule has 1 amide bonds. The maximum Gasteiger partial charge on any atom is 0.238 e. The second-order valence-corrected chi connectivity index (χ2v) is 5.35. The number of carbonyl (C=O) groups is 1. The lowest BCUT2D eigenvalue weighted by Crippen LogP contribution is -2.39. The lowest BCUT2D eigenvalue weighted by Gasteiger charge is -2.28. The minimum Gasteiger partial charge on any atom is -0.334 e. The van der Waals surface area contributed by atoms with E-state index >= 15 is 0 Å². The number of amides is 1. The van der Waals surface area contributed by atoms with E-state index in [1.807, 2.05) is 11.0 Å². The van der Waals surface area contributed by atoms with Crippen molar-refractivity contribution in [2.75, 3.05) is 5.88 Å². The Morgan fingerprint density at radius 1 is 1.39 bits per heavy atom. The third-order valence-corrected chi connectivity index (χ3v) is 3.86. The van der Waals surface area contributed by atoms with Gasteiger partial charge in [-0.25, -0.2) is 0 Å². The van der Waals surface area contributed by atoms with Crippen LogP contribution in [0.4, 0.5) is 0 Å². The highest BCUT2D eigenvalue weighted by molar-refractivity contribution is 6.27. The average molecular weight is 266 g/mol. The molecule has 2 rings (SSSR count). The summed E-state index contributed by atoms with van der Waals surface area (Å²) >= 11 is 5.73. The first-order chi connectivity index (χ1) is 8.70. The fraction of sp³-hybridized carbons (Fsp3) is 0.533. The number of alkyl halides is 1. The molecule has 98 valence electrons. The molecule has 1 fully saturated rings. The number of hydrogen-bond donors (Lipinski definition) is 0. The monoisotopic (exact) mass is 265 g/mol. The van der Waals surface area contributed by atoms with Crippen molar-refractivity contribution in [1.82, 2.24) is 4.90 Å². The normalized spacial score (nSPS) is 15.9. The first-order valence-electron chi connectivity index (χ1n) is 6.61. The smallest absolute Gasteiger partial charge is 0.238 e. The van der Waals surface area contributed by atoms with Crippen molar-refractivity contribution in [2.24, 2.45) is 0 Å². The molecule has 1 aliphatic carbocycles. The van der Waals surface area contributed by atoms with E-state index in [9.17, 15) is 4.79 Å². The van der Waals surface area contributed by atoms with Gasteiger partial charge in [-0.1, -0.05) is 42.7 Å². The molecule has 1 aliphatic rings. The Morgan fingerprint density at radius 2 is 2.11 bits per heavy atom. The molecule has 0 spiro atoms. The third kappa shape index (κ3) is 3.26. The van der Waals surface area contributed by atoms with E-state index in [0.717, 1.165) is 12.8 Å². The molecule has 0 unspecified atom stereocenters. The highest BCUT2D eigenvalue weighted by atomic mass is 35.5. The van der Waals surface area contributed by atoms with Crippen LogP contribution in [0, 0.1) is 6.92 Å². The Labute approximate surface area is 114 Å². The van der Waals surface area contributed by atoms with E-state index in [1.165, 1.54) is 24.0 Å². The van der Waals surface area contributed by atoms with Crippen molar-refractivity contribution in [1.29, 1.82) is 0 Å². The van der Waals surface area contributed by atoms with Crippen molar-refractivity contribution in [3.63, 3.8) is 0 Å². The van der Waals surface area contributed by atoms with Crippen molar-refractivity contribution in [3.05, 3.63) is 35.4 Å². The molecular formula is C15H20ClNO. The zero-order chi connectivity index (χ0) is 13.0. The molecule has 0 radical (unpaired) electrons. The molecule has 18 heavy (non-hydrogen) atoms. The van der Waals surface area contributed by atoms with E-state index in [2.05, 4.69) is 25.1 Å². The fourth-order valence-corrected chi connectivity index (χ4v) is 2.87. The first kappa shape index (κ1) is 13.4. The van der Waals surface area contributed by atoms with Gasteiger partial charge in [0.25, 0.3) is 0 Å². The second kappa shape index (κ2) is 6.24. The minimum absolute atomic E-state index is 0.0603. The molecule has 0 saturated heterocycles. The number of hydrogen-bond acceptors (Lipinski definition) is 1. The Bertz CT molecular complexity index is 413. The summed E-state index contributed by atoms with van der Waals surface area (Å²) in [5.41, 5.74) is 2.43.